The Hall–Kier alpha value is -6.06. The van der Waals surface area contributed by atoms with Gasteiger partial charge in [-0.25, -0.2) is 0 Å². The summed E-state index contributed by atoms with van der Waals surface area (Å²) in [4.78, 5) is 2.38. The van der Waals surface area contributed by atoms with E-state index < -0.39 is 0 Å². The van der Waals surface area contributed by atoms with Crippen molar-refractivity contribution in [3.63, 3.8) is 0 Å². The topological polar surface area (TPSA) is 13.1 Å². The Kier molecular flexibility index (Phi) is 11.0. The molecule has 0 spiro atoms. The Morgan fingerprint density at radius 3 is 1.53 bits per heavy atom. The van der Waals surface area contributed by atoms with Crippen LogP contribution in [-0.2, 0) is 13.0 Å². The minimum Gasteiger partial charge on any atom is -0.341 e. The number of hydrogen-bond acceptors (Lipinski definition) is 1. The number of nitrogens with zero attached hydrogens (tertiary/aromatic N) is 3. The number of benzene rings is 7. The highest BCUT2D eigenvalue weighted by Crippen LogP contribution is 2.41. The molecule has 0 saturated carbocycles. The van der Waals surface area contributed by atoms with Gasteiger partial charge in [0.15, 0.2) is 0 Å². The zero-order chi connectivity index (χ0) is 36.6. The molecular formula is C50H49N3. The largest absolute Gasteiger partial charge is 0.341 e. The van der Waals surface area contributed by atoms with Crippen molar-refractivity contribution in [2.75, 3.05) is 4.90 Å². The van der Waals surface area contributed by atoms with Gasteiger partial charge in [0.1, 0.15) is 0 Å². The third kappa shape index (κ3) is 7.08. The Morgan fingerprint density at radius 2 is 0.906 bits per heavy atom. The maximum absolute atomic E-state index is 2.41. The first-order chi connectivity index (χ1) is 26.2. The molecule has 0 bridgehead atoms. The maximum atomic E-state index is 2.41. The summed E-state index contributed by atoms with van der Waals surface area (Å²) < 4.78 is 4.78. The van der Waals surface area contributed by atoms with Gasteiger partial charge < -0.3 is 14.0 Å². The molecule has 0 fully saturated rings. The van der Waals surface area contributed by atoms with Crippen LogP contribution >= 0.6 is 0 Å². The lowest BCUT2D eigenvalue weighted by Gasteiger charge is -2.26. The van der Waals surface area contributed by atoms with Gasteiger partial charge in [0, 0.05) is 61.9 Å². The predicted octanol–water partition coefficient (Wildman–Crippen LogP) is 14.4. The average molecular weight is 692 g/mol. The second-order valence-corrected chi connectivity index (χ2v) is 13.1. The van der Waals surface area contributed by atoms with Crippen molar-refractivity contribution in [2.45, 2.75) is 53.5 Å². The maximum Gasteiger partial charge on any atom is 0.0542 e. The first-order valence-electron chi connectivity index (χ1n) is 19.2. The van der Waals surface area contributed by atoms with Gasteiger partial charge in [0.05, 0.1) is 11.0 Å². The summed E-state index contributed by atoms with van der Waals surface area (Å²) in [6.07, 6.45) is 3.83. The van der Waals surface area contributed by atoms with Crippen LogP contribution in [0, 0.1) is 0 Å². The fraction of sp³-hybridized carbons (Fsp3) is 0.160. The molecule has 0 aliphatic heterocycles. The van der Waals surface area contributed by atoms with Crippen LogP contribution < -0.4 is 4.90 Å². The average Bonchev–Trinajstić information content (AvgIpc) is 3.74. The highest BCUT2D eigenvalue weighted by molar-refractivity contribution is 6.12. The van der Waals surface area contributed by atoms with Crippen molar-refractivity contribution in [3.05, 3.63) is 181 Å². The van der Waals surface area contributed by atoms with Crippen LogP contribution in [0.25, 0.3) is 49.3 Å². The molecular weight excluding hydrogens is 643 g/mol. The van der Waals surface area contributed by atoms with E-state index >= 15 is 0 Å². The highest BCUT2D eigenvalue weighted by Gasteiger charge is 2.19. The standard InChI is InChI=1S/C38H29N3.C10H14.C2H6/c1-2-39-35-19-11-9-17-31(35)33-25-29(21-23-36(33)39)40(27-13-5-3-6-14-27)30-22-24-38-34(26-30)32-18-10-12-20-37(32)41(38)28-15-7-4-8-16-28;1-2-3-7-10-8-5-4-6-9-10;1-2/h3-26H,2H2,1H3;4-6,8-9H,2-3,7H2,1H3;1-2H3. The van der Waals surface area contributed by atoms with Crippen LogP contribution in [0.15, 0.2) is 176 Å². The van der Waals surface area contributed by atoms with Gasteiger partial charge >= 0.3 is 0 Å². The van der Waals surface area contributed by atoms with E-state index in [4.69, 9.17) is 0 Å². The molecule has 264 valence electrons. The van der Waals surface area contributed by atoms with Crippen LogP contribution in [0.4, 0.5) is 17.1 Å². The van der Waals surface area contributed by atoms with Crippen LogP contribution in [0.1, 0.15) is 46.1 Å². The van der Waals surface area contributed by atoms with Crippen molar-refractivity contribution < 1.29 is 0 Å². The van der Waals surface area contributed by atoms with Crippen LogP contribution in [-0.4, -0.2) is 9.13 Å². The molecule has 0 aliphatic carbocycles. The SMILES string of the molecule is CC.CCCCc1ccccc1.CCn1c2ccccc2c2cc(N(c3ccccc3)c3ccc4c(c3)c3ccccc3n4-c3ccccc3)ccc21. The van der Waals surface area contributed by atoms with Gasteiger partial charge in [0.2, 0.25) is 0 Å². The molecule has 3 nitrogen and oxygen atoms in total. The van der Waals surface area contributed by atoms with Gasteiger partial charge in [-0.1, -0.05) is 130 Å². The van der Waals surface area contributed by atoms with Crippen molar-refractivity contribution in [1.29, 1.82) is 0 Å². The fourth-order valence-electron chi connectivity index (χ4n) is 7.53. The van der Waals surface area contributed by atoms with Crippen molar-refractivity contribution >= 4 is 60.7 Å². The monoisotopic (exact) mass is 691 g/mol. The number of rotatable bonds is 8. The summed E-state index contributed by atoms with van der Waals surface area (Å²) in [5, 5.41) is 5.07. The van der Waals surface area contributed by atoms with Gasteiger partial charge in [0.25, 0.3) is 0 Å². The predicted molar refractivity (Wildman–Crippen MR) is 231 cm³/mol. The number of fused-ring (bicyclic) bond motifs is 6. The number of hydrogen-bond donors (Lipinski definition) is 0. The summed E-state index contributed by atoms with van der Waals surface area (Å²) in [7, 11) is 0. The summed E-state index contributed by atoms with van der Waals surface area (Å²) >= 11 is 0. The molecule has 0 N–H and O–H groups in total. The Bertz CT molecular complexity index is 2540. The van der Waals surface area contributed by atoms with Crippen molar-refractivity contribution in [1.82, 2.24) is 9.13 Å². The lowest BCUT2D eigenvalue weighted by atomic mass is 10.1. The molecule has 0 atom stereocenters. The smallest absolute Gasteiger partial charge is 0.0542 e. The Morgan fingerprint density at radius 1 is 0.434 bits per heavy atom. The lowest BCUT2D eigenvalue weighted by Crippen LogP contribution is -2.09. The van der Waals surface area contributed by atoms with Crippen molar-refractivity contribution in [3.8, 4) is 5.69 Å². The van der Waals surface area contributed by atoms with E-state index in [9.17, 15) is 0 Å². The molecule has 0 amide bonds. The van der Waals surface area contributed by atoms with E-state index in [0.29, 0.717) is 0 Å². The molecule has 2 aromatic heterocycles. The molecule has 2 heterocycles. The second kappa shape index (κ2) is 16.5. The van der Waals surface area contributed by atoms with E-state index in [1.807, 2.05) is 13.8 Å². The van der Waals surface area contributed by atoms with E-state index in [1.54, 1.807) is 0 Å². The zero-order valence-corrected chi connectivity index (χ0v) is 31.4. The molecule has 0 unspecified atom stereocenters. The van der Waals surface area contributed by atoms with Gasteiger partial charge in [-0.05, 0) is 98.1 Å². The number of unbranched alkanes of at least 4 members (excludes halogenated alkanes) is 1. The number of anilines is 3. The minimum absolute atomic E-state index is 0.938. The minimum atomic E-state index is 0.938. The second-order valence-electron chi connectivity index (χ2n) is 13.1. The molecule has 0 aliphatic rings. The van der Waals surface area contributed by atoms with E-state index in [0.717, 1.165) is 23.6 Å². The lowest BCUT2D eigenvalue weighted by molar-refractivity contribution is 0.795. The molecule has 9 rings (SSSR count). The normalized spacial score (nSPS) is 10.9. The first kappa shape index (κ1) is 35.3. The molecule has 9 aromatic rings. The van der Waals surface area contributed by atoms with E-state index in [2.05, 4.69) is 204 Å². The van der Waals surface area contributed by atoms with Gasteiger partial charge in [-0.2, -0.15) is 0 Å². The zero-order valence-electron chi connectivity index (χ0n) is 31.4. The van der Waals surface area contributed by atoms with E-state index in [-0.39, 0.29) is 0 Å². The summed E-state index contributed by atoms with van der Waals surface area (Å²) in [6, 6.07) is 63.2. The summed E-state index contributed by atoms with van der Waals surface area (Å²) in [5.41, 5.74) is 11.0. The number of aromatic nitrogens is 2. The third-order valence-corrected chi connectivity index (χ3v) is 9.94. The van der Waals surface area contributed by atoms with Gasteiger partial charge in [-0.15, -0.1) is 0 Å². The van der Waals surface area contributed by atoms with Crippen LogP contribution in [0.2, 0.25) is 0 Å². The quantitative estimate of drug-likeness (QED) is 0.155. The molecule has 0 saturated heterocycles. The fourth-order valence-corrected chi connectivity index (χ4v) is 7.53. The summed E-state index contributed by atoms with van der Waals surface area (Å²) in [5.74, 6) is 0. The number of aryl methyl sites for hydroxylation is 2. The molecule has 0 radical (unpaired) electrons. The summed E-state index contributed by atoms with van der Waals surface area (Å²) in [6.45, 7) is 9.38. The van der Waals surface area contributed by atoms with Gasteiger partial charge in [-0.3, -0.25) is 0 Å². The molecule has 7 aromatic carbocycles. The molecule has 53 heavy (non-hydrogen) atoms. The Balaban J connectivity index is 0.000000314. The number of para-hydroxylation sites is 4. The Labute approximate surface area is 314 Å². The highest BCUT2D eigenvalue weighted by atomic mass is 15.1. The third-order valence-electron chi connectivity index (χ3n) is 9.94. The van der Waals surface area contributed by atoms with Crippen LogP contribution in [0.5, 0.6) is 0 Å². The molecule has 3 heteroatoms. The van der Waals surface area contributed by atoms with Crippen LogP contribution in [0.3, 0.4) is 0 Å². The van der Waals surface area contributed by atoms with E-state index in [1.165, 1.54) is 74.1 Å². The first-order valence-corrected chi connectivity index (χ1v) is 19.2. The van der Waals surface area contributed by atoms with Crippen molar-refractivity contribution in [2.24, 2.45) is 0 Å².